The molecule has 3 N–H and O–H groups in total. The zero-order valence-corrected chi connectivity index (χ0v) is 53.7. The molecule has 17 nitrogen and oxygen atoms in total. The average molecular weight is 1200 g/mol. The number of esters is 4. The summed E-state index contributed by atoms with van der Waals surface area (Å²) in [5, 5.41) is 10.5. The van der Waals surface area contributed by atoms with Crippen molar-refractivity contribution in [2.45, 2.75) is 329 Å². The molecule has 0 fully saturated rings. The Hall–Kier alpha value is -1.94. The first-order valence-corrected chi connectivity index (χ1v) is 35.7. The maximum atomic E-state index is 13.0. The predicted molar refractivity (Wildman–Crippen MR) is 322 cm³/mol. The van der Waals surface area contributed by atoms with Gasteiger partial charge in [0.15, 0.2) is 12.2 Å². The summed E-state index contributed by atoms with van der Waals surface area (Å²) in [6.07, 6.45) is 39.2. The van der Waals surface area contributed by atoms with Crippen LogP contribution in [0, 0.1) is 5.92 Å². The lowest BCUT2D eigenvalue weighted by Gasteiger charge is -2.21. The molecule has 0 aliphatic carbocycles. The molecule has 0 heterocycles. The SMILES string of the molecule is CCCCCCCCCCCCCCCCC(=O)O[C@H](COC(=O)CCCCCCCCCCC(C)CC)COP(=O)(O)OC[C@@H](O)COP(=O)(O)OC[C@@H](COC(=O)CCCCCCC)OC(=O)CCCCCCCCCCCC. The minimum atomic E-state index is -4.94. The Morgan fingerprint density at radius 2 is 0.593 bits per heavy atom. The molecule has 0 aliphatic heterocycles. The van der Waals surface area contributed by atoms with Gasteiger partial charge in [0.25, 0.3) is 0 Å². The van der Waals surface area contributed by atoms with Crippen LogP contribution >= 0.6 is 15.6 Å². The van der Waals surface area contributed by atoms with Crippen molar-refractivity contribution in [3.8, 4) is 0 Å². The first kappa shape index (κ1) is 79.1. The van der Waals surface area contributed by atoms with E-state index in [1.165, 1.54) is 128 Å². The second kappa shape index (κ2) is 55.9. The number of ether oxygens (including phenoxy) is 4. The van der Waals surface area contributed by atoms with Gasteiger partial charge in [-0.2, -0.15) is 0 Å². The number of phosphoric acid groups is 2. The van der Waals surface area contributed by atoms with E-state index in [4.69, 9.17) is 37.0 Å². The lowest BCUT2D eigenvalue weighted by atomic mass is 9.99. The van der Waals surface area contributed by atoms with Crippen molar-refractivity contribution < 1.29 is 80.2 Å². The highest BCUT2D eigenvalue weighted by molar-refractivity contribution is 7.47. The molecule has 0 aromatic carbocycles. The predicted octanol–water partition coefficient (Wildman–Crippen LogP) is 17.0. The number of carbonyl (C=O) groups is 4. The second-order valence-corrected chi connectivity index (χ2v) is 25.6. The number of aliphatic hydroxyl groups excluding tert-OH is 1. The van der Waals surface area contributed by atoms with Gasteiger partial charge in [0, 0.05) is 25.7 Å². The van der Waals surface area contributed by atoms with E-state index in [-0.39, 0.29) is 25.7 Å². The first-order chi connectivity index (χ1) is 39.1. The third kappa shape index (κ3) is 55.7. The van der Waals surface area contributed by atoms with Crippen LogP contribution in [-0.4, -0.2) is 96.7 Å². The summed E-state index contributed by atoms with van der Waals surface area (Å²) < 4.78 is 67.7. The fraction of sp³-hybridized carbons (Fsp3) is 0.935. The number of carbonyl (C=O) groups excluding carboxylic acids is 4. The Morgan fingerprint density at radius 3 is 0.877 bits per heavy atom. The lowest BCUT2D eigenvalue weighted by Crippen LogP contribution is -2.30. The van der Waals surface area contributed by atoms with Crippen molar-refractivity contribution in [3.63, 3.8) is 0 Å². The summed E-state index contributed by atoms with van der Waals surface area (Å²) in [6.45, 7) is 7.09. The molecule has 0 aliphatic rings. The molecule has 0 saturated heterocycles. The van der Waals surface area contributed by atoms with Gasteiger partial charge in [0.05, 0.1) is 26.4 Å². The van der Waals surface area contributed by atoms with Crippen molar-refractivity contribution in [1.29, 1.82) is 0 Å². The summed E-state index contributed by atoms with van der Waals surface area (Å²) in [4.78, 5) is 71.9. The van der Waals surface area contributed by atoms with Gasteiger partial charge in [-0.25, -0.2) is 9.13 Å². The Kier molecular flexibility index (Phi) is 54.6. The van der Waals surface area contributed by atoms with E-state index < -0.39 is 97.5 Å². The molecule has 480 valence electrons. The molecule has 0 rings (SSSR count). The van der Waals surface area contributed by atoms with E-state index in [9.17, 15) is 43.2 Å². The molecule has 0 radical (unpaired) electrons. The molecule has 0 bridgehead atoms. The van der Waals surface area contributed by atoms with Gasteiger partial charge in [0.2, 0.25) is 0 Å². The zero-order valence-electron chi connectivity index (χ0n) is 51.9. The number of hydrogen-bond donors (Lipinski definition) is 3. The van der Waals surface area contributed by atoms with Gasteiger partial charge < -0.3 is 33.8 Å². The maximum Gasteiger partial charge on any atom is 0.472 e. The van der Waals surface area contributed by atoms with Gasteiger partial charge in [-0.3, -0.25) is 37.3 Å². The van der Waals surface area contributed by atoms with Crippen LogP contribution in [0.1, 0.15) is 311 Å². The van der Waals surface area contributed by atoms with Gasteiger partial charge in [0.1, 0.15) is 19.3 Å². The highest BCUT2D eigenvalue weighted by Crippen LogP contribution is 2.45. The topological polar surface area (TPSA) is 237 Å². The van der Waals surface area contributed by atoms with Gasteiger partial charge in [-0.1, -0.05) is 259 Å². The minimum absolute atomic E-state index is 0.105. The second-order valence-electron chi connectivity index (χ2n) is 22.7. The quantitative estimate of drug-likeness (QED) is 0.0222. The molecule has 6 atom stereocenters. The van der Waals surface area contributed by atoms with Crippen LogP contribution < -0.4 is 0 Å². The molecule has 0 saturated carbocycles. The Bertz CT molecular complexity index is 1590. The van der Waals surface area contributed by atoms with E-state index in [1.54, 1.807) is 0 Å². The largest absolute Gasteiger partial charge is 0.472 e. The maximum absolute atomic E-state index is 13.0. The van der Waals surface area contributed by atoms with Crippen LogP contribution in [0.15, 0.2) is 0 Å². The fourth-order valence-electron chi connectivity index (χ4n) is 9.20. The molecular weight excluding hydrogens is 1080 g/mol. The summed E-state index contributed by atoms with van der Waals surface area (Å²) in [6, 6.07) is 0. The molecule has 0 aromatic heterocycles. The van der Waals surface area contributed by atoms with E-state index in [1.807, 2.05) is 0 Å². The van der Waals surface area contributed by atoms with Crippen molar-refractivity contribution in [1.82, 2.24) is 0 Å². The van der Waals surface area contributed by atoms with Crippen molar-refractivity contribution in [2.24, 2.45) is 5.92 Å². The van der Waals surface area contributed by atoms with E-state index in [2.05, 4.69) is 34.6 Å². The van der Waals surface area contributed by atoms with E-state index in [0.717, 1.165) is 102 Å². The lowest BCUT2D eigenvalue weighted by molar-refractivity contribution is -0.161. The van der Waals surface area contributed by atoms with Crippen LogP contribution in [0.4, 0.5) is 0 Å². The van der Waals surface area contributed by atoms with Gasteiger partial charge >= 0.3 is 39.5 Å². The molecule has 19 heteroatoms. The van der Waals surface area contributed by atoms with Crippen LogP contribution in [0.2, 0.25) is 0 Å². The average Bonchev–Trinajstić information content (AvgIpc) is 3.44. The zero-order chi connectivity index (χ0) is 59.9. The summed E-state index contributed by atoms with van der Waals surface area (Å²) in [7, 11) is -9.87. The van der Waals surface area contributed by atoms with Crippen molar-refractivity contribution >= 4 is 39.5 Å². The number of rotatable bonds is 62. The molecule has 3 unspecified atom stereocenters. The monoisotopic (exact) mass is 1200 g/mol. The number of phosphoric ester groups is 2. The van der Waals surface area contributed by atoms with Crippen LogP contribution in [0.25, 0.3) is 0 Å². The van der Waals surface area contributed by atoms with Crippen molar-refractivity contribution in [2.75, 3.05) is 39.6 Å². The Morgan fingerprint density at radius 1 is 0.346 bits per heavy atom. The number of unbranched alkanes of at least 4 members (excludes halogenated alkanes) is 33. The van der Waals surface area contributed by atoms with Gasteiger partial charge in [-0.15, -0.1) is 0 Å². The highest BCUT2D eigenvalue weighted by Gasteiger charge is 2.30. The van der Waals surface area contributed by atoms with Crippen LogP contribution in [0.3, 0.4) is 0 Å². The Balaban J connectivity index is 5.18. The van der Waals surface area contributed by atoms with E-state index in [0.29, 0.717) is 25.7 Å². The highest BCUT2D eigenvalue weighted by atomic mass is 31.2. The molecular formula is C62H120O17P2. The normalized spacial score (nSPS) is 14.6. The first-order valence-electron chi connectivity index (χ1n) is 32.7. The van der Waals surface area contributed by atoms with Crippen molar-refractivity contribution in [3.05, 3.63) is 0 Å². The number of hydrogen-bond acceptors (Lipinski definition) is 15. The standard InChI is InChI=1S/C62H120O17P2/c1-6-10-13-16-18-20-22-23-24-25-27-33-38-43-48-62(67)79-58(52-73-60(65)46-41-36-31-29-28-30-35-39-44-55(5)9-4)54-77-81(70,71)75-50-56(63)49-74-80(68,69)76-53-57(51-72-59(64)45-40-34-15-12-8-3)78-61(66)47-42-37-32-26-21-19-17-14-11-7-2/h55-58,63H,6-54H2,1-5H3,(H,68,69)(H,70,71)/t55?,56-,57+,58+/m0/s1. The molecule has 0 amide bonds. The summed E-state index contributed by atoms with van der Waals surface area (Å²) in [5.74, 6) is -1.37. The Labute approximate surface area is 492 Å². The fourth-order valence-corrected chi connectivity index (χ4v) is 10.8. The summed E-state index contributed by atoms with van der Waals surface area (Å²) in [5.41, 5.74) is 0. The third-order valence-electron chi connectivity index (χ3n) is 14.6. The van der Waals surface area contributed by atoms with Gasteiger partial charge in [-0.05, 0) is 31.6 Å². The number of aliphatic hydroxyl groups is 1. The van der Waals surface area contributed by atoms with E-state index >= 15 is 0 Å². The summed E-state index contributed by atoms with van der Waals surface area (Å²) >= 11 is 0. The minimum Gasteiger partial charge on any atom is -0.462 e. The molecule has 81 heavy (non-hydrogen) atoms. The van der Waals surface area contributed by atoms with Crippen LogP contribution in [0.5, 0.6) is 0 Å². The molecule has 0 aromatic rings. The van der Waals surface area contributed by atoms with Crippen LogP contribution in [-0.2, 0) is 65.4 Å². The molecule has 0 spiro atoms. The smallest absolute Gasteiger partial charge is 0.462 e. The third-order valence-corrected chi connectivity index (χ3v) is 16.5.